The summed E-state index contributed by atoms with van der Waals surface area (Å²) in [5.74, 6) is 0. The standard InChI is InChI=1S/C12H25NO/c1-6-11(9-12(2,3)4)10-13-7-8-14-5/h9,13H,6-8,10H2,1-5H3. The summed E-state index contributed by atoms with van der Waals surface area (Å²) in [6.07, 6.45) is 3.48. The SMILES string of the molecule is CCC(=CC(C)(C)C)CNCCOC. The van der Waals surface area contributed by atoms with Crippen molar-refractivity contribution in [2.24, 2.45) is 5.41 Å². The molecule has 0 saturated heterocycles. The fourth-order valence-corrected chi connectivity index (χ4v) is 1.31. The van der Waals surface area contributed by atoms with Crippen LogP contribution in [0.3, 0.4) is 0 Å². The highest BCUT2D eigenvalue weighted by atomic mass is 16.5. The number of rotatable bonds is 6. The summed E-state index contributed by atoms with van der Waals surface area (Å²) in [4.78, 5) is 0. The fraction of sp³-hybridized carbons (Fsp3) is 0.833. The number of ether oxygens (including phenoxy) is 1. The second-order valence-corrected chi connectivity index (χ2v) is 4.69. The highest BCUT2D eigenvalue weighted by Gasteiger charge is 2.07. The molecule has 0 aromatic carbocycles. The van der Waals surface area contributed by atoms with Crippen molar-refractivity contribution in [2.45, 2.75) is 34.1 Å². The van der Waals surface area contributed by atoms with Crippen LogP contribution in [0.4, 0.5) is 0 Å². The molecule has 0 aromatic heterocycles. The largest absolute Gasteiger partial charge is 0.383 e. The quantitative estimate of drug-likeness (QED) is 0.524. The molecule has 2 heteroatoms. The van der Waals surface area contributed by atoms with Gasteiger partial charge in [-0.25, -0.2) is 0 Å². The fourth-order valence-electron chi connectivity index (χ4n) is 1.31. The third-order valence-electron chi connectivity index (χ3n) is 1.93. The van der Waals surface area contributed by atoms with E-state index in [1.54, 1.807) is 7.11 Å². The van der Waals surface area contributed by atoms with Crippen LogP contribution < -0.4 is 5.32 Å². The molecule has 84 valence electrons. The maximum absolute atomic E-state index is 4.98. The van der Waals surface area contributed by atoms with Crippen molar-refractivity contribution in [3.8, 4) is 0 Å². The predicted molar refractivity (Wildman–Crippen MR) is 62.6 cm³/mol. The second kappa shape index (κ2) is 7.02. The van der Waals surface area contributed by atoms with Gasteiger partial charge in [0.15, 0.2) is 0 Å². The minimum Gasteiger partial charge on any atom is -0.383 e. The monoisotopic (exact) mass is 199 g/mol. The Balaban J connectivity index is 3.85. The molecule has 1 N–H and O–H groups in total. The van der Waals surface area contributed by atoms with Gasteiger partial charge in [0.05, 0.1) is 6.61 Å². The first-order valence-electron chi connectivity index (χ1n) is 5.40. The lowest BCUT2D eigenvalue weighted by atomic mass is 9.93. The van der Waals surface area contributed by atoms with Gasteiger partial charge in [0.2, 0.25) is 0 Å². The maximum Gasteiger partial charge on any atom is 0.0587 e. The zero-order valence-electron chi connectivity index (χ0n) is 10.3. The molecule has 0 bridgehead atoms. The average molecular weight is 199 g/mol. The Hall–Kier alpha value is -0.340. The Labute approximate surface area is 88.7 Å². The third-order valence-corrected chi connectivity index (χ3v) is 1.93. The average Bonchev–Trinajstić information content (AvgIpc) is 2.08. The predicted octanol–water partition coefficient (Wildman–Crippen LogP) is 2.60. The first-order valence-corrected chi connectivity index (χ1v) is 5.40. The van der Waals surface area contributed by atoms with Crippen LogP contribution in [0.2, 0.25) is 0 Å². The van der Waals surface area contributed by atoms with Crippen molar-refractivity contribution in [1.82, 2.24) is 5.32 Å². The lowest BCUT2D eigenvalue weighted by Gasteiger charge is -2.16. The van der Waals surface area contributed by atoms with Gasteiger partial charge in [0, 0.05) is 20.2 Å². The third kappa shape index (κ3) is 8.27. The van der Waals surface area contributed by atoms with Crippen LogP contribution in [0.5, 0.6) is 0 Å². The summed E-state index contributed by atoms with van der Waals surface area (Å²) in [5.41, 5.74) is 1.77. The van der Waals surface area contributed by atoms with Gasteiger partial charge in [0.1, 0.15) is 0 Å². The van der Waals surface area contributed by atoms with Crippen molar-refractivity contribution in [2.75, 3.05) is 26.8 Å². The summed E-state index contributed by atoms with van der Waals surface area (Å²) >= 11 is 0. The van der Waals surface area contributed by atoms with Crippen LogP contribution >= 0.6 is 0 Å². The first kappa shape index (κ1) is 13.7. The van der Waals surface area contributed by atoms with E-state index in [0.717, 1.165) is 26.1 Å². The van der Waals surface area contributed by atoms with Gasteiger partial charge >= 0.3 is 0 Å². The van der Waals surface area contributed by atoms with E-state index in [4.69, 9.17) is 4.74 Å². The molecule has 0 spiro atoms. The van der Waals surface area contributed by atoms with Crippen molar-refractivity contribution in [3.05, 3.63) is 11.6 Å². The highest BCUT2D eigenvalue weighted by molar-refractivity contribution is 5.08. The molecule has 0 aliphatic heterocycles. The molecule has 14 heavy (non-hydrogen) atoms. The number of nitrogens with one attached hydrogen (secondary N) is 1. The van der Waals surface area contributed by atoms with Crippen molar-refractivity contribution in [1.29, 1.82) is 0 Å². The van der Waals surface area contributed by atoms with E-state index in [1.807, 2.05) is 0 Å². The molecule has 0 atom stereocenters. The summed E-state index contributed by atoms with van der Waals surface area (Å²) in [5, 5.41) is 3.37. The molecule has 2 nitrogen and oxygen atoms in total. The molecule has 0 aliphatic carbocycles. The van der Waals surface area contributed by atoms with Gasteiger partial charge in [-0.15, -0.1) is 0 Å². The molecule has 0 unspecified atom stereocenters. The Morgan fingerprint density at radius 3 is 2.43 bits per heavy atom. The lowest BCUT2D eigenvalue weighted by Crippen LogP contribution is -2.22. The van der Waals surface area contributed by atoms with E-state index in [1.165, 1.54) is 5.57 Å². The topological polar surface area (TPSA) is 21.3 Å². The lowest BCUT2D eigenvalue weighted by molar-refractivity contribution is 0.200. The van der Waals surface area contributed by atoms with Crippen molar-refractivity contribution < 1.29 is 4.74 Å². The Morgan fingerprint density at radius 1 is 1.36 bits per heavy atom. The van der Waals surface area contributed by atoms with Gasteiger partial charge in [-0.3, -0.25) is 0 Å². The van der Waals surface area contributed by atoms with Crippen molar-refractivity contribution >= 4 is 0 Å². The van der Waals surface area contributed by atoms with Gasteiger partial charge in [-0.2, -0.15) is 0 Å². The van der Waals surface area contributed by atoms with E-state index in [-0.39, 0.29) is 5.41 Å². The molecule has 0 heterocycles. The van der Waals surface area contributed by atoms with E-state index >= 15 is 0 Å². The van der Waals surface area contributed by atoms with Gasteiger partial charge in [-0.1, -0.05) is 39.3 Å². The van der Waals surface area contributed by atoms with Gasteiger partial charge in [-0.05, 0) is 11.8 Å². The van der Waals surface area contributed by atoms with E-state index < -0.39 is 0 Å². The molecule has 0 radical (unpaired) electrons. The second-order valence-electron chi connectivity index (χ2n) is 4.69. The summed E-state index contributed by atoms with van der Waals surface area (Å²) in [6.45, 7) is 11.6. The smallest absolute Gasteiger partial charge is 0.0587 e. The van der Waals surface area contributed by atoms with Gasteiger partial charge in [0.25, 0.3) is 0 Å². The molecule has 0 aliphatic rings. The number of allylic oxidation sites excluding steroid dienone is 1. The minimum absolute atomic E-state index is 0.286. The number of hydrogen-bond acceptors (Lipinski definition) is 2. The molecule has 0 rings (SSSR count). The Morgan fingerprint density at radius 2 is 2.00 bits per heavy atom. The number of methoxy groups -OCH3 is 1. The Kier molecular flexibility index (Phi) is 6.85. The molecule has 0 saturated carbocycles. The first-order chi connectivity index (χ1) is 6.49. The minimum atomic E-state index is 0.286. The van der Waals surface area contributed by atoms with Crippen molar-refractivity contribution in [3.63, 3.8) is 0 Å². The number of hydrogen-bond donors (Lipinski definition) is 1. The summed E-state index contributed by atoms with van der Waals surface area (Å²) < 4.78 is 4.98. The van der Waals surface area contributed by atoms with Crippen LogP contribution in [-0.4, -0.2) is 26.8 Å². The molecule has 0 amide bonds. The summed E-state index contributed by atoms with van der Waals surface area (Å²) in [6, 6.07) is 0. The molecule has 0 aromatic rings. The normalized spacial score (nSPS) is 13.4. The highest BCUT2D eigenvalue weighted by Crippen LogP contribution is 2.18. The molecular weight excluding hydrogens is 174 g/mol. The molecule has 0 fully saturated rings. The van der Waals surface area contributed by atoms with Gasteiger partial charge < -0.3 is 10.1 Å². The zero-order valence-corrected chi connectivity index (χ0v) is 10.3. The van der Waals surface area contributed by atoms with Crippen LogP contribution in [-0.2, 0) is 4.74 Å². The summed E-state index contributed by atoms with van der Waals surface area (Å²) in [7, 11) is 1.73. The van der Waals surface area contributed by atoms with E-state index in [0.29, 0.717) is 0 Å². The van der Waals surface area contributed by atoms with E-state index in [2.05, 4.69) is 39.1 Å². The van der Waals surface area contributed by atoms with Crippen LogP contribution in [0, 0.1) is 5.41 Å². The van der Waals surface area contributed by atoms with Crippen LogP contribution in [0.1, 0.15) is 34.1 Å². The Bertz CT molecular complexity index is 168. The maximum atomic E-state index is 4.98. The van der Waals surface area contributed by atoms with E-state index in [9.17, 15) is 0 Å². The van der Waals surface area contributed by atoms with Crippen LogP contribution in [0.15, 0.2) is 11.6 Å². The zero-order chi connectivity index (χ0) is 11.0. The van der Waals surface area contributed by atoms with Crippen LogP contribution in [0.25, 0.3) is 0 Å². The molecular formula is C12H25NO.